The van der Waals surface area contributed by atoms with Crippen LogP contribution in [0.1, 0.15) is 52.9 Å². The minimum Gasteiger partial charge on any atom is -0.462 e. The summed E-state index contributed by atoms with van der Waals surface area (Å²) in [5.74, 6) is 0.684. The maximum atomic E-state index is 12.7. The third-order valence-electron chi connectivity index (χ3n) is 5.99. The van der Waals surface area contributed by atoms with Gasteiger partial charge in [0.15, 0.2) is 0 Å². The van der Waals surface area contributed by atoms with Crippen molar-refractivity contribution in [2.45, 2.75) is 71.2 Å². The largest absolute Gasteiger partial charge is 0.462 e. The van der Waals surface area contributed by atoms with Gasteiger partial charge in [0.1, 0.15) is 12.4 Å². The number of fused-ring (bicyclic) bond motifs is 2. The highest BCUT2D eigenvalue weighted by Gasteiger charge is 2.53. The van der Waals surface area contributed by atoms with Crippen molar-refractivity contribution < 1.29 is 19.1 Å². The van der Waals surface area contributed by atoms with Crippen molar-refractivity contribution >= 4 is 12.3 Å². The van der Waals surface area contributed by atoms with Crippen LogP contribution in [0.5, 0.6) is 0 Å². The van der Waals surface area contributed by atoms with Gasteiger partial charge in [-0.25, -0.2) is 0 Å². The summed E-state index contributed by atoms with van der Waals surface area (Å²) >= 11 is 0. The van der Waals surface area contributed by atoms with Crippen molar-refractivity contribution in [3.63, 3.8) is 0 Å². The van der Waals surface area contributed by atoms with Crippen LogP contribution in [-0.4, -0.2) is 30.6 Å². The topological polar surface area (TPSA) is 52.6 Å². The number of ether oxygens (including phenoxy) is 2. The highest BCUT2D eigenvalue weighted by molar-refractivity contribution is 5.79. The van der Waals surface area contributed by atoms with Gasteiger partial charge in [0.25, 0.3) is 0 Å². The molecule has 2 saturated heterocycles. The lowest BCUT2D eigenvalue weighted by atomic mass is 9.75. The lowest BCUT2D eigenvalue weighted by Crippen LogP contribution is -2.41. The van der Waals surface area contributed by atoms with Gasteiger partial charge in [-0.05, 0) is 43.4 Å². The molecule has 124 valence electrons. The van der Waals surface area contributed by atoms with Crippen molar-refractivity contribution in [1.82, 2.24) is 0 Å². The SMILES string of the molecule is CC1CCC(C(C)C)C(OC(=O)C2C3CCC(O3)C2C=O)C1. The predicted molar refractivity (Wildman–Crippen MR) is 82.2 cm³/mol. The Balaban J connectivity index is 1.68. The van der Waals surface area contributed by atoms with Crippen molar-refractivity contribution in [3.05, 3.63) is 0 Å². The smallest absolute Gasteiger partial charge is 0.312 e. The van der Waals surface area contributed by atoms with Crippen LogP contribution in [0.3, 0.4) is 0 Å². The maximum Gasteiger partial charge on any atom is 0.312 e. The Kier molecular flexibility index (Phi) is 4.58. The fourth-order valence-corrected chi connectivity index (χ4v) is 4.67. The summed E-state index contributed by atoms with van der Waals surface area (Å²) in [6.07, 6.45) is 5.80. The number of aldehydes is 1. The van der Waals surface area contributed by atoms with Crippen LogP contribution in [0.2, 0.25) is 0 Å². The van der Waals surface area contributed by atoms with E-state index in [1.807, 2.05) is 0 Å². The number of carbonyl (C=O) groups is 2. The first-order valence-corrected chi connectivity index (χ1v) is 8.82. The molecule has 22 heavy (non-hydrogen) atoms. The molecule has 0 amide bonds. The summed E-state index contributed by atoms with van der Waals surface area (Å²) in [6.45, 7) is 6.64. The van der Waals surface area contributed by atoms with Crippen molar-refractivity contribution in [2.24, 2.45) is 29.6 Å². The predicted octanol–water partition coefficient (Wildman–Crippen LogP) is 2.98. The Morgan fingerprint density at radius 1 is 1.18 bits per heavy atom. The van der Waals surface area contributed by atoms with E-state index in [1.54, 1.807) is 0 Å². The van der Waals surface area contributed by atoms with Crippen LogP contribution >= 0.6 is 0 Å². The van der Waals surface area contributed by atoms with E-state index in [1.165, 1.54) is 6.42 Å². The van der Waals surface area contributed by atoms with Gasteiger partial charge in [0.05, 0.1) is 24.0 Å². The molecule has 0 radical (unpaired) electrons. The molecule has 1 aliphatic carbocycles. The molecule has 0 N–H and O–H groups in total. The second-order valence-electron chi connectivity index (χ2n) is 7.83. The Labute approximate surface area is 132 Å². The molecule has 7 atom stereocenters. The van der Waals surface area contributed by atoms with E-state index in [-0.39, 0.29) is 36.1 Å². The first-order valence-electron chi connectivity index (χ1n) is 8.82. The highest BCUT2D eigenvalue weighted by atomic mass is 16.6. The summed E-state index contributed by atoms with van der Waals surface area (Å²) < 4.78 is 11.7. The summed E-state index contributed by atoms with van der Waals surface area (Å²) in [7, 11) is 0. The molecule has 3 aliphatic rings. The van der Waals surface area contributed by atoms with E-state index in [4.69, 9.17) is 9.47 Å². The van der Waals surface area contributed by atoms with Gasteiger partial charge in [-0.3, -0.25) is 4.79 Å². The number of rotatable bonds is 4. The quantitative estimate of drug-likeness (QED) is 0.592. The van der Waals surface area contributed by atoms with Crippen LogP contribution in [0.15, 0.2) is 0 Å². The molecule has 0 aromatic rings. The van der Waals surface area contributed by atoms with Gasteiger partial charge in [0, 0.05) is 0 Å². The van der Waals surface area contributed by atoms with Gasteiger partial charge in [-0.2, -0.15) is 0 Å². The highest BCUT2D eigenvalue weighted by Crippen LogP contribution is 2.44. The van der Waals surface area contributed by atoms with Gasteiger partial charge in [-0.1, -0.05) is 27.2 Å². The van der Waals surface area contributed by atoms with Crippen LogP contribution in [-0.2, 0) is 19.1 Å². The van der Waals surface area contributed by atoms with E-state index in [2.05, 4.69) is 20.8 Å². The Morgan fingerprint density at radius 3 is 2.59 bits per heavy atom. The van der Waals surface area contributed by atoms with E-state index in [0.717, 1.165) is 32.0 Å². The molecule has 0 aromatic heterocycles. The second kappa shape index (κ2) is 6.31. The van der Waals surface area contributed by atoms with Crippen LogP contribution < -0.4 is 0 Å². The normalized spacial score (nSPS) is 44.3. The van der Waals surface area contributed by atoms with Crippen LogP contribution in [0, 0.1) is 29.6 Å². The molecule has 2 aliphatic heterocycles. The Hall–Kier alpha value is -0.900. The van der Waals surface area contributed by atoms with Gasteiger partial charge in [-0.15, -0.1) is 0 Å². The number of esters is 1. The van der Waals surface area contributed by atoms with E-state index >= 15 is 0 Å². The summed E-state index contributed by atoms with van der Waals surface area (Å²) in [5, 5.41) is 0. The van der Waals surface area contributed by atoms with Gasteiger partial charge >= 0.3 is 5.97 Å². The standard InChI is InChI=1S/C18H28O4/c1-10(2)12-5-4-11(3)8-16(12)22-18(20)17-13(9-19)14-6-7-15(17)21-14/h9-17H,4-8H2,1-3H3. The van der Waals surface area contributed by atoms with Crippen molar-refractivity contribution in [2.75, 3.05) is 0 Å². The van der Waals surface area contributed by atoms with Crippen LogP contribution in [0.4, 0.5) is 0 Å². The summed E-state index contributed by atoms with van der Waals surface area (Å²) in [6, 6.07) is 0. The Morgan fingerprint density at radius 2 is 1.91 bits per heavy atom. The van der Waals surface area contributed by atoms with Crippen molar-refractivity contribution in [3.8, 4) is 0 Å². The minimum absolute atomic E-state index is 0.00248. The lowest BCUT2D eigenvalue weighted by Gasteiger charge is -2.37. The van der Waals surface area contributed by atoms with Crippen LogP contribution in [0.25, 0.3) is 0 Å². The first kappa shape index (κ1) is 16.0. The number of hydrogen-bond donors (Lipinski definition) is 0. The summed E-state index contributed by atoms with van der Waals surface area (Å²) in [4.78, 5) is 24.0. The molecular weight excluding hydrogens is 280 g/mol. The molecule has 0 aromatic carbocycles. The van der Waals surface area contributed by atoms with E-state index in [0.29, 0.717) is 17.8 Å². The number of hydrogen-bond acceptors (Lipinski definition) is 4. The second-order valence-corrected chi connectivity index (χ2v) is 7.83. The average molecular weight is 308 g/mol. The molecule has 3 rings (SSSR count). The fraction of sp³-hybridized carbons (Fsp3) is 0.889. The maximum absolute atomic E-state index is 12.7. The number of carbonyl (C=O) groups excluding carboxylic acids is 2. The van der Waals surface area contributed by atoms with Gasteiger partial charge in [0.2, 0.25) is 0 Å². The molecule has 4 heteroatoms. The fourth-order valence-electron chi connectivity index (χ4n) is 4.67. The first-order chi connectivity index (χ1) is 10.5. The molecule has 0 spiro atoms. The van der Waals surface area contributed by atoms with Gasteiger partial charge < -0.3 is 14.3 Å². The molecule has 7 unspecified atom stereocenters. The molecule has 2 heterocycles. The lowest BCUT2D eigenvalue weighted by molar-refractivity contribution is -0.164. The monoisotopic (exact) mass is 308 g/mol. The third kappa shape index (κ3) is 2.82. The zero-order valence-corrected chi connectivity index (χ0v) is 13.9. The minimum atomic E-state index is -0.374. The third-order valence-corrected chi connectivity index (χ3v) is 5.99. The van der Waals surface area contributed by atoms with E-state index < -0.39 is 0 Å². The molecule has 1 saturated carbocycles. The van der Waals surface area contributed by atoms with Crippen molar-refractivity contribution in [1.29, 1.82) is 0 Å². The zero-order valence-electron chi connectivity index (χ0n) is 13.9. The molecular formula is C18H28O4. The Bertz CT molecular complexity index is 433. The molecule has 2 bridgehead atoms. The van der Waals surface area contributed by atoms with E-state index in [9.17, 15) is 9.59 Å². The zero-order chi connectivity index (χ0) is 15.9. The molecule has 4 nitrogen and oxygen atoms in total. The summed E-state index contributed by atoms with van der Waals surface area (Å²) in [5.41, 5.74) is 0. The average Bonchev–Trinajstić information content (AvgIpc) is 3.07. The molecule has 3 fully saturated rings.